The van der Waals surface area contributed by atoms with Crippen LogP contribution in [0, 0.1) is 42.4 Å². The lowest BCUT2D eigenvalue weighted by Crippen LogP contribution is -2.37. The van der Waals surface area contributed by atoms with Gasteiger partial charge in [0, 0.05) is 0 Å². The van der Waals surface area contributed by atoms with Gasteiger partial charge in [-0.05, 0) is 67.7 Å². The van der Waals surface area contributed by atoms with Crippen LogP contribution >= 0.6 is 0 Å². The molecular formula is C19H27NO. The molecule has 0 amide bonds. The Morgan fingerprint density at radius 2 is 1.71 bits per heavy atom. The van der Waals surface area contributed by atoms with E-state index in [-0.39, 0.29) is 17.4 Å². The van der Waals surface area contributed by atoms with Crippen LogP contribution < -0.4 is 4.74 Å². The maximum atomic E-state index is 9.41. The van der Waals surface area contributed by atoms with Crippen molar-refractivity contribution in [1.29, 1.82) is 5.26 Å². The molecule has 2 heteroatoms. The highest BCUT2D eigenvalue weighted by Gasteiger charge is 2.37. The van der Waals surface area contributed by atoms with E-state index in [4.69, 9.17) is 4.74 Å². The average Bonchev–Trinajstić information content (AvgIpc) is 2.36. The fraction of sp³-hybridized carbons (Fsp3) is 0.632. The molecule has 1 saturated carbocycles. The molecular weight excluding hydrogens is 258 g/mol. The first-order valence-electron chi connectivity index (χ1n) is 7.94. The van der Waals surface area contributed by atoms with Crippen molar-refractivity contribution in [3.63, 3.8) is 0 Å². The second kappa shape index (κ2) is 6.10. The van der Waals surface area contributed by atoms with Crippen LogP contribution in [0.5, 0.6) is 5.75 Å². The zero-order valence-corrected chi connectivity index (χ0v) is 13.9. The number of benzene rings is 1. The van der Waals surface area contributed by atoms with Gasteiger partial charge in [-0.25, -0.2) is 0 Å². The van der Waals surface area contributed by atoms with Crippen LogP contribution in [0.3, 0.4) is 0 Å². The summed E-state index contributed by atoms with van der Waals surface area (Å²) in [5.74, 6) is 1.55. The third-order valence-corrected chi connectivity index (χ3v) is 4.66. The molecule has 1 aliphatic rings. The first kappa shape index (κ1) is 15.9. The fourth-order valence-electron chi connectivity index (χ4n) is 3.37. The molecule has 2 nitrogen and oxygen atoms in total. The molecule has 0 saturated heterocycles. The Bertz CT molecular complexity index is 515. The first-order valence-corrected chi connectivity index (χ1v) is 7.94. The quantitative estimate of drug-likeness (QED) is 0.763. The monoisotopic (exact) mass is 285 g/mol. The molecule has 3 atom stereocenters. The molecule has 1 aromatic rings. The Morgan fingerprint density at radius 1 is 1.10 bits per heavy atom. The maximum Gasteiger partial charge on any atom is 0.120 e. The summed E-state index contributed by atoms with van der Waals surface area (Å²) in [5.41, 5.74) is 2.70. The lowest BCUT2D eigenvalue weighted by Gasteiger charge is -2.39. The van der Waals surface area contributed by atoms with E-state index in [0.29, 0.717) is 5.92 Å². The van der Waals surface area contributed by atoms with Crippen LogP contribution in [-0.4, -0.2) is 6.10 Å². The molecule has 3 unspecified atom stereocenters. The standard InChI is InChI=1S/C19H27NO/c1-13-8-14(2)10-17(9-13)21-18-11-16(19(3,4)5)7-6-15(18)12-20/h8-10,15-16,18H,6-7,11H2,1-5H3. The van der Waals surface area contributed by atoms with Crippen molar-refractivity contribution in [3.05, 3.63) is 29.3 Å². The zero-order chi connectivity index (χ0) is 15.6. The summed E-state index contributed by atoms with van der Waals surface area (Å²) in [4.78, 5) is 0. The number of aryl methyl sites for hydroxylation is 2. The van der Waals surface area contributed by atoms with Gasteiger partial charge in [0.1, 0.15) is 11.9 Å². The van der Waals surface area contributed by atoms with Gasteiger partial charge in [0.25, 0.3) is 0 Å². The van der Waals surface area contributed by atoms with Gasteiger partial charge in [-0.1, -0.05) is 26.8 Å². The minimum absolute atomic E-state index is 0.0180. The third-order valence-electron chi connectivity index (χ3n) is 4.66. The number of rotatable bonds is 2. The topological polar surface area (TPSA) is 33.0 Å². The van der Waals surface area contributed by atoms with Crippen LogP contribution in [-0.2, 0) is 0 Å². The Kier molecular flexibility index (Phi) is 4.61. The van der Waals surface area contributed by atoms with Crippen LogP contribution in [0.2, 0.25) is 0 Å². The van der Waals surface area contributed by atoms with E-state index in [0.717, 1.165) is 25.0 Å². The van der Waals surface area contributed by atoms with Crippen LogP contribution in [0.4, 0.5) is 0 Å². The lowest BCUT2D eigenvalue weighted by molar-refractivity contribution is 0.0493. The van der Waals surface area contributed by atoms with E-state index in [1.54, 1.807) is 0 Å². The normalized spacial score (nSPS) is 26.2. The summed E-state index contributed by atoms with van der Waals surface area (Å²) < 4.78 is 6.22. The Hall–Kier alpha value is -1.49. The van der Waals surface area contributed by atoms with Crippen LogP contribution in [0.1, 0.15) is 51.2 Å². The van der Waals surface area contributed by atoms with Gasteiger partial charge in [0.2, 0.25) is 0 Å². The summed E-state index contributed by atoms with van der Waals surface area (Å²) in [6, 6.07) is 8.74. The number of nitriles is 1. The highest BCUT2D eigenvalue weighted by molar-refractivity contribution is 5.33. The number of ether oxygens (including phenoxy) is 1. The van der Waals surface area contributed by atoms with Crippen molar-refractivity contribution in [1.82, 2.24) is 0 Å². The minimum atomic E-state index is 0.0180. The van der Waals surface area contributed by atoms with E-state index in [1.165, 1.54) is 11.1 Å². The highest BCUT2D eigenvalue weighted by Crippen LogP contribution is 2.41. The number of hydrogen-bond acceptors (Lipinski definition) is 2. The summed E-state index contributed by atoms with van der Waals surface area (Å²) in [5, 5.41) is 9.41. The summed E-state index contributed by atoms with van der Waals surface area (Å²) in [7, 11) is 0. The SMILES string of the molecule is Cc1cc(C)cc(OC2CC(C(C)(C)C)CCC2C#N)c1. The Labute approximate surface area is 129 Å². The summed E-state index contributed by atoms with van der Waals surface area (Å²) in [6.45, 7) is 11.0. The van der Waals surface area contributed by atoms with Crippen molar-refractivity contribution in [2.75, 3.05) is 0 Å². The van der Waals surface area contributed by atoms with Crippen molar-refractivity contribution < 1.29 is 4.74 Å². The van der Waals surface area contributed by atoms with E-state index in [9.17, 15) is 5.26 Å². The Balaban J connectivity index is 2.16. The van der Waals surface area contributed by atoms with Gasteiger partial charge in [0.15, 0.2) is 0 Å². The van der Waals surface area contributed by atoms with Gasteiger partial charge in [-0.15, -0.1) is 0 Å². The second-order valence-corrected chi connectivity index (χ2v) is 7.59. The van der Waals surface area contributed by atoms with Gasteiger partial charge in [-0.3, -0.25) is 0 Å². The Morgan fingerprint density at radius 3 is 2.24 bits per heavy atom. The molecule has 0 bridgehead atoms. The average molecular weight is 285 g/mol. The van der Waals surface area contributed by atoms with Crippen LogP contribution in [0.25, 0.3) is 0 Å². The molecule has 0 aliphatic heterocycles. The summed E-state index contributed by atoms with van der Waals surface area (Å²) >= 11 is 0. The van der Waals surface area contributed by atoms with E-state index < -0.39 is 0 Å². The van der Waals surface area contributed by atoms with E-state index in [1.807, 2.05) is 0 Å². The molecule has 0 spiro atoms. The molecule has 21 heavy (non-hydrogen) atoms. The first-order chi connectivity index (χ1) is 9.79. The van der Waals surface area contributed by atoms with Crippen molar-refractivity contribution >= 4 is 0 Å². The largest absolute Gasteiger partial charge is 0.489 e. The smallest absolute Gasteiger partial charge is 0.120 e. The van der Waals surface area contributed by atoms with Gasteiger partial charge < -0.3 is 4.74 Å². The molecule has 1 fully saturated rings. The van der Waals surface area contributed by atoms with Crippen LogP contribution in [0.15, 0.2) is 18.2 Å². The molecule has 0 heterocycles. The van der Waals surface area contributed by atoms with E-state index >= 15 is 0 Å². The third kappa shape index (κ3) is 4.00. The number of nitrogens with zero attached hydrogens (tertiary/aromatic N) is 1. The fourth-order valence-corrected chi connectivity index (χ4v) is 3.37. The van der Waals surface area contributed by atoms with Gasteiger partial charge in [-0.2, -0.15) is 5.26 Å². The molecule has 1 aromatic carbocycles. The van der Waals surface area contributed by atoms with Crippen molar-refractivity contribution in [2.45, 2.75) is 60.0 Å². The molecule has 2 rings (SSSR count). The van der Waals surface area contributed by atoms with Crippen molar-refractivity contribution in [2.24, 2.45) is 17.3 Å². The molecule has 114 valence electrons. The van der Waals surface area contributed by atoms with Gasteiger partial charge >= 0.3 is 0 Å². The van der Waals surface area contributed by atoms with Crippen molar-refractivity contribution in [3.8, 4) is 11.8 Å². The summed E-state index contributed by atoms with van der Waals surface area (Å²) in [6.07, 6.45) is 3.09. The maximum absolute atomic E-state index is 9.41. The van der Waals surface area contributed by atoms with E-state index in [2.05, 4.69) is 58.9 Å². The predicted octanol–water partition coefficient (Wildman–Crippen LogP) is 5.04. The number of hydrogen-bond donors (Lipinski definition) is 0. The molecule has 0 radical (unpaired) electrons. The molecule has 0 aromatic heterocycles. The van der Waals surface area contributed by atoms with Gasteiger partial charge in [0.05, 0.1) is 12.0 Å². The lowest BCUT2D eigenvalue weighted by atomic mass is 9.69. The highest BCUT2D eigenvalue weighted by atomic mass is 16.5. The minimum Gasteiger partial charge on any atom is -0.489 e. The molecule has 0 N–H and O–H groups in total. The molecule has 1 aliphatic carbocycles. The second-order valence-electron chi connectivity index (χ2n) is 7.59. The zero-order valence-electron chi connectivity index (χ0n) is 13.9. The predicted molar refractivity (Wildman–Crippen MR) is 86.2 cm³/mol.